The number of piperidine rings is 1. The second kappa shape index (κ2) is 6.90. The van der Waals surface area contributed by atoms with E-state index in [9.17, 15) is 4.79 Å². The van der Waals surface area contributed by atoms with Gasteiger partial charge in [0, 0.05) is 19.1 Å². The van der Waals surface area contributed by atoms with Gasteiger partial charge in [-0.3, -0.25) is 9.69 Å². The molecule has 0 aromatic rings. The number of primary amides is 1. The molecule has 0 spiro atoms. The Balaban J connectivity index is 1.61. The van der Waals surface area contributed by atoms with Crippen LogP contribution in [0.4, 0.5) is 0 Å². The van der Waals surface area contributed by atoms with Gasteiger partial charge < -0.3 is 11.1 Å². The number of nitrogens with one attached hydrogen (secondary N) is 1. The predicted octanol–water partition coefficient (Wildman–Crippen LogP) is 0.882. The molecule has 0 bridgehead atoms. The summed E-state index contributed by atoms with van der Waals surface area (Å²) in [4.78, 5) is 13.0. The molecular formula is C14H25N3O. The number of carbonyl (C=O) groups is 1. The lowest BCUT2D eigenvalue weighted by Crippen LogP contribution is -2.46. The third-order valence-corrected chi connectivity index (χ3v) is 4.04. The molecule has 102 valence electrons. The summed E-state index contributed by atoms with van der Waals surface area (Å²) < 4.78 is 0. The van der Waals surface area contributed by atoms with Crippen LogP contribution in [0, 0.1) is 5.92 Å². The van der Waals surface area contributed by atoms with Gasteiger partial charge in [0.25, 0.3) is 0 Å². The monoisotopic (exact) mass is 251 g/mol. The first-order valence-electron chi connectivity index (χ1n) is 7.13. The number of carbonyl (C=O) groups excluding carboxylic acids is 1. The maximum atomic E-state index is 10.8. The van der Waals surface area contributed by atoms with E-state index in [0.717, 1.165) is 38.4 Å². The fourth-order valence-corrected chi connectivity index (χ4v) is 2.89. The minimum absolute atomic E-state index is 0.213. The molecule has 1 atom stereocenters. The number of hydrogen-bond donors (Lipinski definition) is 2. The Morgan fingerprint density at radius 3 is 2.67 bits per heavy atom. The van der Waals surface area contributed by atoms with Crippen molar-refractivity contribution in [2.75, 3.05) is 26.2 Å². The fraction of sp³-hybridized carbons (Fsp3) is 0.786. The first-order chi connectivity index (χ1) is 8.74. The minimum atomic E-state index is -0.213. The van der Waals surface area contributed by atoms with Gasteiger partial charge in [0.15, 0.2) is 0 Å². The highest BCUT2D eigenvalue weighted by Gasteiger charge is 2.20. The summed E-state index contributed by atoms with van der Waals surface area (Å²) in [6, 6.07) is 0.625. The van der Waals surface area contributed by atoms with Gasteiger partial charge in [0.2, 0.25) is 5.91 Å². The largest absolute Gasteiger partial charge is 0.369 e. The first-order valence-corrected chi connectivity index (χ1v) is 7.13. The summed E-state index contributed by atoms with van der Waals surface area (Å²) in [6.07, 6.45) is 10.7. The van der Waals surface area contributed by atoms with E-state index in [2.05, 4.69) is 22.4 Å². The van der Waals surface area contributed by atoms with Crippen LogP contribution in [0.5, 0.6) is 0 Å². The summed E-state index contributed by atoms with van der Waals surface area (Å²) in [5, 5.41) is 3.69. The topological polar surface area (TPSA) is 58.4 Å². The Kier molecular flexibility index (Phi) is 5.20. The summed E-state index contributed by atoms with van der Waals surface area (Å²) in [5.74, 6) is 0.606. The number of rotatable bonds is 5. The molecule has 2 aliphatic rings. The van der Waals surface area contributed by atoms with Crippen molar-refractivity contribution >= 4 is 5.91 Å². The molecule has 18 heavy (non-hydrogen) atoms. The molecule has 1 heterocycles. The van der Waals surface area contributed by atoms with Crippen molar-refractivity contribution in [3.63, 3.8) is 0 Å². The second-order valence-corrected chi connectivity index (χ2v) is 5.58. The zero-order valence-electron chi connectivity index (χ0n) is 11.1. The van der Waals surface area contributed by atoms with E-state index in [1.807, 2.05) is 0 Å². The van der Waals surface area contributed by atoms with Gasteiger partial charge in [-0.2, -0.15) is 0 Å². The molecule has 0 saturated carbocycles. The third kappa shape index (κ3) is 4.42. The molecule has 0 radical (unpaired) electrons. The third-order valence-electron chi connectivity index (χ3n) is 4.04. The van der Waals surface area contributed by atoms with Gasteiger partial charge in [-0.05, 0) is 44.6 Å². The van der Waals surface area contributed by atoms with Gasteiger partial charge in [-0.15, -0.1) is 0 Å². The highest BCUT2D eigenvalue weighted by molar-refractivity contribution is 5.75. The van der Waals surface area contributed by atoms with Crippen LogP contribution in [0.2, 0.25) is 0 Å². The quantitative estimate of drug-likeness (QED) is 0.713. The van der Waals surface area contributed by atoms with Crippen molar-refractivity contribution in [1.29, 1.82) is 0 Å². The van der Waals surface area contributed by atoms with Crippen molar-refractivity contribution in [2.24, 2.45) is 11.7 Å². The number of likely N-dealkylation sites (tertiary alicyclic amines) is 1. The Morgan fingerprint density at radius 1 is 1.28 bits per heavy atom. The first kappa shape index (κ1) is 13.6. The maximum Gasteiger partial charge on any atom is 0.231 e. The lowest BCUT2D eigenvalue weighted by molar-refractivity contribution is -0.119. The second-order valence-electron chi connectivity index (χ2n) is 5.58. The zero-order chi connectivity index (χ0) is 12.8. The van der Waals surface area contributed by atoms with Crippen LogP contribution in [-0.2, 0) is 4.79 Å². The smallest absolute Gasteiger partial charge is 0.231 e. The van der Waals surface area contributed by atoms with E-state index in [-0.39, 0.29) is 5.91 Å². The Morgan fingerprint density at radius 2 is 2.06 bits per heavy atom. The molecule has 0 aromatic heterocycles. The summed E-state index contributed by atoms with van der Waals surface area (Å²) >= 11 is 0. The summed E-state index contributed by atoms with van der Waals surface area (Å²) in [5.41, 5.74) is 5.21. The molecule has 1 saturated heterocycles. The highest BCUT2D eigenvalue weighted by Crippen LogP contribution is 2.18. The number of amides is 1. The highest BCUT2D eigenvalue weighted by atomic mass is 16.1. The zero-order valence-corrected chi connectivity index (χ0v) is 11.1. The Labute approximate surface area is 110 Å². The van der Waals surface area contributed by atoms with E-state index >= 15 is 0 Å². The molecule has 1 aliphatic heterocycles. The van der Waals surface area contributed by atoms with Crippen LogP contribution in [0.3, 0.4) is 0 Å². The molecule has 1 amide bonds. The van der Waals surface area contributed by atoms with Gasteiger partial charge in [0.1, 0.15) is 0 Å². The molecule has 1 unspecified atom stereocenters. The SMILES string of the molecule is NC(=O)CN1CCC(NCC2CC=CCC2)CC1. The standard InChI is InChI=1S/C14H25N3O/c15-14(18)11-17-8-6-13(7-9-17)16-10-12-4-2-1-3-5-12/h1-2,12-13,16H,3-11H2,(H2,15,18). The maximum absolute atomic E-state index is 10.8. The van der Waals surface area contributed by atoms with Gasteiger partial charge in [-0.1, -0.05) is 12.2 Å². The number of hydrogen-bond acceptors (Lipinski definition) is 3. The van der Waals surface area contributed by atoms with Crippen LogP contribution in [0.15, 0.2) is 12.2 Å². The van der Waals surface area contributed by atoms with Gasteiger partial charge in [0.05, 0.1) is 6.54 Å². The van der Waals surface area contributed by atoms with E-state index in [4.69, 9.17) is 5.73 Å². The molecule has 4 heteroatoms. The number of allylic oxidation sites excluding steroid dienone is 2. The fourth-order valence-electron chi connectivity index (χ4n) is 2.89. The van der Waals surface area contributed by atoms with Crippen LogP contribution in [0.25, 0.3) is 0 Å². The van der Waals surface area contributed by atoms with Gasteiger partial charge >= 0.3 is 0 Å². The minimum Gasteiger partial charge on any atom is -0.369 e. The van der Waals surface area contributed by atoms with Crippen LogP contribution >= 0.6 is 0 Å². The van der Waals surface area contributed by atoms with Gasteiger partial charge in [-0.25, -0.2) is 0 Å². The van der Waals surface area contributed by atoms with E-state index in [0.29, 0.717) is 12.6 Å². The normalized spacial score (nSPS) is 26.3. The average Bonchev–Trinajstić information content (AvgIpc) is 2.38. The van der Waals surface area contributed by atoms with Crippen molar-refractivity contribution in [3.05, 3.63) is 12.2 Å². The van der Waals surface area contributed by atoms with Crippen LogP contribution in [-0.4, -0.2) is 43.0 Å². The molecule has 0 aromatic carbocycles. The van der Waals surface area contributed by atoms with Crippen LogP contribution in [0.1, 0.15) is 32.1 Å². The lowest BCUT2D eigenvalue weighted by atomic mass is 9.93. The van der Waals surface area contributed by atoms with Crippen molar-refractivity contribution in [2.45, 2.75) is 38.1 Å². The molecule has 3 N–H and O–H groups in total. The average molecular weight is 251 g/mol. The summed E-state index contributed by atoms with van der Waals surface area (Å²) in [6.45, 7) is 3.54. The molecule has 1 aliphatic carbocycles. The molecule has 1 fully saturated rings. The summed E-state index contributed by atoms with van der Waals surface area (Å²) in [7, 11) is 0. The van der Waals surface area contributed by atoms with Crippen molar-refractivity contribution in [3.8, 4) is 0 Å². The molecule has 4 nitrogen and oxygen atoms in total. The Hall–Kier alpha value is -0.870. The van der Waals surface area contributed by atoms with E-state index < -0.39 is 0 Å². The lowest BCUT2D eigenvalue weighted by Gasteiger charge is -2.32. The molecule has 2 rings (SSSR count). The Bertz CT molecular complexity index is 295. The number of nitrogens with two attached hydrogens (primary N) is 1. The van der Waals surface area contributed by atoms with Crippen molar-refractivity contribution < 1.29 is 4.79 Å². The predicted molar refractivity (Wildman–Crippen MR) is 73.1 cm³/mol. The number of nitrogens with zero attached hydrogens (tertiary/aromatic N) is 1. The molecular weight excluding hydrogens is 226 g/mol. The van der Waals surface area contributed by atoms with E-state index in [1.54, 1.807) is 0 Å². The van der Waals surface area contributed by atoms with Crippen LogP contribution < -0.4 is 11.1 Å². The van der Waals surface area contributed by atoms with Crippen molar-refractivity contribution in [1.82, 2.24) is 10.2 Å². The van der Waals surface area contributed by atoms with E-state index in [1.165, 1.54) is 19.3 Å².